The van der Waals surface area contributed by atoms with E-state index in [1.54, 1.807) is 12.1 Å². The first kappa shape index (κ1) is 21.5. The van der Waals surface area contributed by atoms with Gasteiger partial charge in [-0.1, -0.05) is 29.8 Å². The predicted molar refractivity (Wildman–Crippen MR) is 120 cm³/mol. The van der Waals surface area contributed by atoms with Crippen molar-refractivity contribution >= 4 is 33.1 Å². The first-order valence-corrected chi connectivity index (χ1v) is 12.0. The molecule has 0 aromatic heterocycles. The molecule has 1 saturated heterocycles. The van der Waals surface area contributed by atoms with Gasteiger partial charge in [0.15, 0.2) is 15.8 Å². The Labute approximate surface area is 178 Å². The van der Waals surface area contributed by atoms with Gasteiger partial charge in [0.2, 0.25) is 0 Å². The van der Waals surface area contributed by atoms with E-state index in [-0.39, 0.29) is 0 Å². The fourth-order valence-electron chi connectivity index (χ4n) is 3.28. The molecule has 3 rings (SSSR count). The summed E-state index contributed by atoms with van der Waals surface area (Å²) in [7, 11) is -3.18. The fraction of sp³-hybridized carbons (Fsp3) is 0.381. The van der Waals surface area contributed by atoms with Crippen LogP contribution < -0.4 is 10.2 Å². The smallest absolute Gasteiger partial charge is 0.194 e. The molecular formula is C21H27ClN4O2S. The fourth-order valence-corrected chi connectivity index (χ4v) is 4.10. The van der Waals surface area contributed by atoms with Crippen LogP contribution in [-0.2, 0) is 16.4 Å². The van der Waals surface area contributed by atoms with E-state index in [9.17, 15) is 8.42 Å². The number of aliphatic imine (C=N–C) groups is 1. The topological polar surface area (TPSA) is 65.0 Å². The quantitative estimate of drug-likeness (QED) is 0.578. The molecule has 1 heterocycles. The van der Waals surface area contributed by atoms with Crippen LogP contribution in [0.4, 0.5) is 5.69 Å². The Hall–Kier alpha value is -2.25. The highest BCUT2D eigenvalue weighted by Gasteiger charge is 2.20. The summed E-state index contributed by atoms with van der Waals surface area (Å²) in [6, 6.07) is 14.9. The minimum Gasteiger partial charge on any atom is -0.368 e. The number of piperazine rings is 1. The largest absolute Gasteiger partial charge is 0.368 e. The number of anilines is 1. The van der Waals surface area contributed by atoms with E-state index in [1.807, 2.05) is 30.3 Å². The van der Waals surface area contributed by atoms with E-state index in [4.69, 9.17) is 16.6 Å². The number of nitrogens with zero attached hydrogens (tertiary/aromatic N) is 3. The molecule has 1 N–H and O–H groups in total. The van der Waals surface area contributed by atoms with Gasteiger partial charge in [0.1, 0.15) is 0 Å². The van der Waals surface area contributed by atoms with Gasteiger partial charge in [0, 0.05) is 49.7 Å². The van der Waals surface area contributed by atoms with Gasteiger partial charge >= 0.3 is 0 Å². The average molecular weight is 435 g/mol. The average Bonchev–Trinajstić information content (AvgIpc) is 2.71. The van der Waals surface area contributed by atoms with Gasteiger partial charge in [-0.05, 0) is 42.8 Å². The predicted octanol–water partition coefficient (Wildman–Crippen LogP) is 3.03. The highest BCUT2D eigenvalue weighted by Crippen LogP contribution is 2.21. The van der Waals surface area contributed by atoms with Crippen LogP contribution in [0.25, 0.3) is 0 Å². The zero-order chi connectivity index (χ0) is 20.9. The number of benzene rings is 2. The molecule has 0 radical (unpaired) electrons. The Morgan fingerprint density at radius 3 is 2.38 bits per heavy atom. The number of guanidine groups is 1. The summed E-state index contributed by atoms with van der Waals surface area (Å²) < 4.78 is 23.2. The summed E-state index contributed by atoms with van der Waals surface area (Å²) in [5, 5.41) is 4.11. The maximum absolute atomic E-state index is 11.6. The summed E-state index contributed by atoms with van der Waals surface area (Å²) in [6.45, 7) is 6.87. The monoisotopic (exact) mass is 434 g/mol. The Balaban J connectivity index is 1.64. The van der Waals surface area contributed by atoms with Crippen molar-refractivity contribution in [3.8, 4) is 0 Å². The van der Waals surface area contributed by atoms with Gasteiger partial charge in [-0.3, -0.25) is 0 Å². The molecule has 0 amide bonds. The number of nitrogens with one attached hydrogen (secondary N) is 1. The molecule has 6 nitrogen and oxygen atoms in total. The molecule has 0 bridgehead atoms. The normalized spacial score (nSPS) is 15.5. The summed E-state index contributed by atoms with van der Waals surface area (Å²) >= 11 is 6.12. The van der Waals surface area contributed by atoms with E-state index in [2.05, 4.69) is 28.1 Å². The van der Waals surface area contributed by atoms with Gasteiger partial charge in [0.25, 0.3) is 0 Å². The van der Waals surface area contributed by atoms with Crippen molar-refractivity contribution in [2.24, 2.45) is 4.99 Å². The van der Waals surface area contributed by atoms with Crippen LogP contribution in [-0.4, -0.2) is 58.3 Å². The van der Waals surface area contributed by atoms with Crippen molar-refractivity contribution in [1.82, 2.24) is 10.2 Å². The van der Waals surface area contributed by atoms with E-state index in [1.165, 1.54) is 6.26 Å². The molecule has 0 spiro atoms. The molecule has 29 heavy (non-hydrogen) atoms. The lowest BCUT2D eigenvalue weighted by molar-refractivity contribution is 0.372. The second-order valence-corrected chi connectivity index (χ2v) is 9.49. The molecule has 1 fully saturated rings. The third-order valence-corrected chi connectivity index (χ3v) is 6.21. The van der Waals surface area contributed by atoms with E-state index < -0.39 is 9.84 Å². The van der Waals surface area contributed by atoms with Crippen LogP contribution in [0.1, 0.15) is 12.5 Å². The Bertz CT molecular complexity index is 953. The lowest BCUT2D eigenvalue weighted by Gasteiger charge is -2.37. The molecule has 2 aromatic carbocycles. The molecule has 0 saturated carbocycles. The Kier molecular flexibility index (Phi) is 7.03. The van der Waals surface area contributed by atoms with Gasteiger partial charge < -0.3 is 15.1 Å². The Morgan fingerprint density at radius 2 is 1.79 bits per heavy atom. The maximum Gasteiger partial charge on any atom is 0.194 e. The third kappa shape index (κ3) is 5.87. The zero-order valence-electron chi connectivity index (χ0n) is 16.8. The van der Waals surface area contributed by atoms with E-state index in [0.717, 1.165) is 55.0 Å². The molecule has 0 atom stereocenters. The van der Waals surface area contributed by atoms with Crippen molar-refractivity contribution in [3.05, 3.63) is 59.1 Å². The van der Waals surface area contributed by atoms with Gasteiger partial charge in [-0.25, -0.2) is 13.4 Å². The van der Waals surface area contributed by atoms with Crippen LogP contribution in [0.2, 0.25) is 5.02 Å². The molecule has 1 aliphatic heterocycles. The molecular weight excluding hydrogens is 408 g/mol. The number of halogens is 1. The molecule has 2 aromatic rings. The Morgan fingerprint density at radius 1 is 1.10 bits per heavy atom. The van der Waals surface area contributed by atoms with Crippen molar-refractivity contribution < 1.29 is 8.42 Å². The van der Waals surface area contributed by atoms with E-state index in [0.29, 0.717) is 11.4 Å². The molecule has 0 unspecified atom stereocenters. The van der Waals surface area contributed by atoms with Crippen LogP contribution in [0.3, 0.4) is 0 Å². The van der Waals surface area contributed by atoms with Crippen LogP contribution in [0, 0.1) is 0 Å². The van der Waals surface area contributed by atoms with Crippen molar-refractivity contribution in [2.45, 2.75) is 18.4 Å². The molecule has 156 valence electrons. The first-order valence-electron chi connectivity index (χ1n) is 9.69. The molecule has 0 aliphatic carbocycles. The van der Waals surface area contributed by atoms with Crippen molar-refractivity contribution in [3.63, 3.8) is 0 Å². The van der Waals surface area contributed by atoms with Crippen molar-refractivity contribution in [2.75, 3.05) is 43.9 Å². The van der Waals surface area contributed by atoms with Gasteiger partial charge in [-0.2, -0.15) is 0 Å². The van der Waals surface area contributed by atoms with Crippen LogP contribution in [0.5, 0.6) is 0 Å². The molecule has 8 heteroatoms. The second-order valence-electron chi connectivity index (χ2n) is 7.04. The number of hydrogen-bond acceptors (Lipinski definition) is 4. The lowest BCUT2D eigenvalue weighted by Crippen LogP contribution is -2.52. The van der Waals surface area contributed by atoms with Gasteiger partial charge in [-0.15, -0.1) is 0 Å². The number of hydrogen-bond donors (Lipinski definition) is 1. The standard InChI is InChI=1S/C21H27ClN4O2S/c1-3-23-21(24-16-17-7-9-20(10-8-17)29(2,27)28)26-13-11-25(12-14-26)19-6-4-5-18(22)15-19/h4-10,15H,3,11-14,16H2,1-2H3,(H,23,24). The summed E-state index contributed by atoms with van der Waals surface area (Å²) in [5.74, 6) is 0.880. The minimum atomic E-state index is -3.18. The van der Waals surface area contributed by atoms with Crippen LogP contribution in [0.15, 0.2) is 58.4 Å². The SMILES string of the molecule is CCNC(=NCc1ccc(S(C)(=O)=O)cc1)N1CCN(c2cccc(Cl)c2)CC1. The zero-order valence-corrected chi connectivity index (χ0v) is 18.4. The van der Waals surface area contributed by atoms with E-state index >= 15 is 0 Å². The number of rotatable bonds is 5. The molecule has 1 aliphatic rings. The van der Waals surface area contributed by atoms with Crippen LogP contribution >= 0.6 is 11.6 Å². The highest BCUT2D eigenvalue weighted by atomic mass is 35.5. The van der Waals surface area contributed by atoms with Gasteiger partial charge in [0.05, 0.1) is 11.4 Å². The number of sulfone groups is 1. The second kappa shape index (κ2) is 9.50. The first-order chi connectivity index (χ1) is 13.9. The maximum atomic E-state index is 11.6. The highest BCUT2D eigenvalue weighted by molar-refractivity contribution is 7.90. The summed E-state index contributed by atoms with van der Waals surface area (Å²) in [6.07, 6.45) is 1.21. The summed E-state index contributed by atoms with van der Waals surface area (Å²) in [5.41, 5.74) is 2.12. The third-order valence-electron chi connectivity index (χ3n) is 4.85. The minimum absolute atomic E-state index is 0.328. The van der Waals surface area contributed by atoms with Crippen molar-refractivity contribution in [1.29, 1.82) is 0 Å². The summed E-state index contributed by atoms with van der Waals surface area (Å²) in [4.78, 5) is 9.67. The lowest BCUT2D eigenvalue weighted by atomic mass is 10.2.